The zero-order chi connectivity index (χ0) is 52.2. The fourth-order valence-electron chi connectivity index (χ4n) is 9.48. The summed E-state index contributed by atoms with van der Waals surface area (Å²) in [5, 5.41) is 54.5. The molecule has 0 aromatic rings. The van der Waals surface area contributed by atoms with Crippen LogP contribution in [0.1, 0.15) is 277 Å². The van der Waals surface area contributed by atoms with Gasteiger partial charge in [-0.25, -0.2) is 0 Å². The molecular formula is C63H115NO8. The summed E-state index contributed by atoms with van der Waals surface area (Å²) in [6, 6.07) is -0.824. The van der Waals surface area contributed by atoms with Gasteiger partial charge in [0.05, 0.1) is 25.4 Å². The lowest BCUT2D eigenvalue weighted by molar-refractivity contribution is -0.302. The highest BCUT2D eigenvalue weighted by atomic mass is 16.7. The Kier molecular flexibility index (Phi) is 49.4. The smallest absolute Gasteiger partial charge is 0.220 e. The number of aliphatic hydroxyl groups excluding tert-OH is 5. The number of ether oxygens (including phenoxy) is 2. The first-order valence-electron chi connectivity index (χ1n) is 30.5. The molecule has 7 unspecified atom stereocenters. The third kappa shape index (κ3) is 41.2. The summed E-state index contributed by atoms with van der Waals surface area (Å²) in [6.45, 7) is 3.77. The summed E-state index contributed by atoms with van der Waals surface area (Å²) in [6.07, 6.45) is 64.3. The van der Waals surface area contributed by atoms with Crippen LogP contribution in [-0.2, 0) is 14.3 Å². The van der Waals surface area contributed by atoms with Crippen molar-refractivity contribution >= 4 is 5.91 Å². The maximum absolute atomic E-state index is 13.1. The topological polar surface area (TPSA) is 149 Å². The number of unbranched alkanes of at least 4 members (excludes halogenated alkanes) is 34. The largest absolute Gasteiger partial charge is 0.394 e. The zero-order valence-corrected chi connectivity index (χ0v) is 46.7. The Morgan fingerprint density at radius 2 is 0.833 bits per heavy atom. The maximum Gasteiger partial charge on any atom is 0.220 e. The molecule has 1 rings (SSSR count). The number of nitrogens with one attached hydrogen (secondary N) is 1. The van der Waals surface area contributed by atoms with E-state index < -0.39 is 49.5 Å². The van der Waals surface area contributed by atoms with Crippen LogP contribution in [0.4, 0.5) is 0 Å². The number of carbonyl (C=O) groups excluding carboxylic acids is 1. The summed E-state index contributed by atoms with van der Waals surface area (Å²) in [5.41, 5.74) is 0. The minimum Gasteiger partial charge on any atom is -0.394 e. The van der Waals surface area contributed by atoms with Gasteiger partial charge in [0.2, 0.25) is 5.91 Å². The van der Waals surface area contributed by atoms with Crippen molar-refractivity contribution in [1.29, 1.82) is 0 Å². The van der Waals surface area contributed by atoms with Crippen molar-refractivity contribution in [3.8, 4) is 0 Å². The first kappa shape index (κ1) is 67.9. The number of carbonyl (C=O) groups is 1. The van der Waals surface area contributed by atoms with Crippen molar-refractivity contribution in [2.24, 2.45) is 0 Å². The third-order valence-corrected chi connectivity index (χ3v) is 14.3. The van der Waals surface area contributed by atoms with Crippen LogP contribution in [0.3, 0.4) is 0 Å². The van der Waals surface area contributed by atoms with Gasteiger partial charge in [-0.3, -0.25) is 4.79 Å². The summed E-state index contributed by atoms with van der Waals surface area (Å²) < 4.78 is 11.3. The van der Waals surface area contributed by atoms with Gasteiger partial charge in [-0.05, 0) is 70.6 Å². The second-order valence-electron chi connectivity index (χ2n) is 21.1. The molecule has 1 fully saturated rings. The molecule has 9 heteroatoms. The third-order valence-electron chi connectivity index (χ3n) is 14.3. The molecule has 1 aliphatic heterocycles. The molecule has 0 aliphatic carbocycles. The molecule has 1 amide bonds. The summed E-state index contributed by atoms with van der Waals surface area (Å²) >= 11 is 0. The van der Waals surface area contributed by atoms with Crippen molar-refractivity contribution in [3.05, 3.63) is 60.8 Å². The van der Waals surface area contributed by atoms with Crippen LogP contribution in [0.2, 0.25) is 0 Å². The lowest BCUT2D eigenvalue weighted by Gasteiger charge is -2.40. The van der Waals surface area contributed by atoms with Gasteiger partial charge in [0.15, 0.2) is 6.29 Å². The molecule has 0 aromatic carbocycles. The van der Waals surface area contributed by atoms with Crippen molar-refractivity contribution in [2.75, 3.05) is 13.2 Å². The van der Waals surface area contributed by atoms with E-state index in [-0.39, 0.29) is 12.5 Å². The molecule has 0 spiro atoms. The first-order valence-corrected chi connectivity index (χ1v) is 30.5. The number of allylic oxidation sites excluding steroid dienone is 9. The van der Waals surface area contributed by atoms with E-state index in [1.165, 1.54) is 205 Å². The molecule has 1 saturated heterocycles. The molecule has 9 nitrogen and oxygen atoms in total. The minimum absolute atomic E-state index is 0.186. The molecule has 1 aliphatic rings. The van der Waals surface area contributed by atoms with E-state index in [4.69, 9.17) is 9.47 Å². The second-order valence-corrected chi connectivity index (χ2v) is 21.1. The molecule has 6 N–H and O–H groups in total. The highest BCUT2D eigenvalue weighted by molar-refractivity contribution is 5.76. The van der Waals surface area contributed by atoms with Crippen molar-refractivity contribution in [1.82, 2.24) is 5.32 Å². The molecule has 0 bridgehead atoms. The fraction of sp³-hybridized carbons (Fsp3) is 0.825. The molecule has 420 valence electrons. The number of hydrogen-bond acceptors (Lipinski definition) is 8. The molecular weight excluding hydrogens is 899 g/mol. The van der Waals surface area contributed by atoms with E-state index in [0.29, 0.717) is 6.42 Å². The van der Waals surface area contributed by atoms with Gasteiger partial charge < -0.3 is 40.3 Å². The van der Waals surface area contributed by atoms with Crippen molar-refractivity contribution in [3.63, 3.8) is 0 Å². The van der Waals surface area contributed by atoms with Crippen LogP contribution < -0.4 is 5.32 Å². The SMILES string of the molecule is CCCCCCC/C=C\C/C=C\C/C=C\CCCCCCCCCCCCCCCCC(=O)NC(COC1OC(CO)C(O)C(O)C1O)C(O)/C=C/CC/C=C/CCCCCCCCCCCCCCCC. The number of amides is 1. The average molecular weight is 1010 g/mol. The Morgan fingerprint density at radius 1 is 0.472 bits per heavy atom. The highest BCUT2D eigenvalue weighted by Gasteiger charge is 2.44. The fourth-order valence-corrected chi connectivity index (χ4v) is 9.48. The second kappa shape index (κ2) is 52.3. The number of rotatable bonds is 52. The van der Waals surface area contributed by atoms with Gasteiger partial charge in [0, 0.05) is 6.42 Å². The molecule has 72 heavy (non-hydrogen) atoms. The van der Waals surface area contributed by atoms with Crippen LogP contribution in [-0.4, -0.2) is 87.5 Å². The van der Waals surface area contributed by atoms with E-state index >= 15 is 0 Å². The number of aliphatic hydroxyl groups is 5. The maximum atomic E-state index is 13.1. The van der Waals surface area contributed by atoms with Crippen LogP contribution in [0.25, 0.3) is 0 Å². The van der Waals surface area contributed by atoms with E-state index in [9.17, 15) is 30.3 Å². The van der Waals surface area contributed by atoms with E-state index in [2.05, 4.69) is 67.8 Å². The van der Waals surface area contributed by atoms with Crippen LogP contribution in [0, 0.1) is 0 Å². The molecule has 0 saturated carbocycles. The Balaban J connectivity index is 2.21. The van der Waals surface area contributed by atoms with E-state index in [0.717, 1.165) is 51.4 Å². The van der Waals surface area contributed by atoms with Crippen LogP contribution in [0.15, 0.2) is 60.8 Å². The van der Waals surface area contributed by atoms with Gasteiger partial charge in [-0.15, -0.1) is 0 Å². The molecule has 0 aromatic heterocycles. The molecule has 0 radical (unpaired) electrons. The minimum atomic E-state index is -1.57. The van der Waals surface area contributed by atoms with Gasteiger partial charge >= 0.3 is 0 Å². The molecule has 1 heterocycles. The van der Waals surface area contributed by atoms with Gasteiger partial charge in [0.1, 0.15) is 24.4 Å². The average Bonchev–Trinajstić information content (AvgIpc) is 3.38. The van der Waals surface area contributed by atoms with Gasteiger partial charge in [0.25, 0.3) is 0 Å². The summed E-state index contributed by atoms with van der Waals surface area (Å²) in [4.78, 5) is 13.1. The monoisotopic (exact) mass is 1010 g/mol. The Hall–Kier alpha value is -2.11. The van der Waals surface area contributed by atoms with E-state index in [1.54, 1.807) is 6.08 Å². The lowest BCUT2D eigenvalue weighted by atomic mass is 9.99. The Labute approximate surface area is 443 Å². The summed E-state index contributed by atoms with van der Waals surface area (Å²) in [5.74, 6) is -0.186. The standard InChI is InChI=1S/C63H115NO8/c1-3-5-7-9-11-13-15-17-19-21-23-25-26-27-28-29-30-31-32-33-35-37-39-41-43-45-47-49-51-53-59(67)64-56(55-71-63-62(70)61(69)60(68)58(54-65)72-63)57(66)52-50-48-46-44-42-40-38-36-34-24-22-20-18-16-14-12-10-8-6-4-2/h15,17,21,23,26-27,42,44,50,52,56-58,60-63,65-66,68-70H,3-14,16,18-20,22,24-25,28-41,43,45-49,51,53-55H2,1-2H3,(H,64,67)/b17-15-,23-21-,27-26-,44-42+,52-50+. The lowest BCUT2D eigenvalue weighted by Crippen LogP contribution is -2.60. The normalized spacial score (nSPS) is 19.6. The highest BCUT2D eigenvalue weighted by Crippen LogP contribution is 2.23. The zero-order valence-electron chi connectivity index (χ0n) is 46.7. The number of hydrogen-bond donors (Lipinski definition) is 6. The van der Waals surface area contributed by atoms with Crippen LogP contribution >= 0.6 is 0 Å². The molecule has 7 atom stereocenters. The first-order chi connectivity index (χ1) is 35.3. The summed E-state index contributed by atoms with van der Waals surface area (Å²) in [7, 11) is 0. The van der Waals surface area contributed by atoms with Gasteiger partial charge in [-0.1, -0.05) is 261 Å². The predicted molar refractivity (Wildman–Crippen MR) is 304 cm³/mol. The predicted octanol–water partition coefficient (Wildman–Crippen LogP) is 15.5. The Morgan fingerprint density at radius 3 is 1.26 bits per heavy atom. The quantitative estimate of drug-likeness (QED) is 0.0261. The van der Waals surface area contributed by atoms with Gasteiger partial charge in [-0.2, -0.15) is 0 Å². The van der Waals surface area contributed by atoms with E-state index in [1.807, 2.05) is 6.08 Å². The van der Waals surface area contributed by atoms with Crippen molar-refractivity contribution in [2.45, 2.75) is 320 Å². The van der Waals surface area contributed by atoms with Crippen molar-refractivity contribution < 1.29 is 39.8 Å². The Bertz CT molecular complexity index is 1310. The van der Waals surface area contributed by atoms with Crippen LogP contribution in [0.5, 0.6) is 0 Å².